The zero-order valence-corrected chi connectivity index (χ0v) is 14.5. The first-order valence-corrected chi connectivity index (χ1v) is 8.00. The minimum atomic E-state index is -2.42. The van der Waals surface area contributed by atoms with Crippen LogP contribution in [0.15, 0.2) is 48.5 Å². The molecule has 154 valence electrons. The second kappa shape index (κ2) is 8.27. The topological polar surface area (TPSA) is 52.6 Å². The third kappa shape index (κ3) is 4.12. The monoisotopic (exact) mass is 426 g/mol. The highest BCUT2D eigenvalue weighted by Gasteiger charge is 2.31. The van der Waals surface area contributed by atoms with Gasteiger partial charge in [-0.3, -0.25) is 0 Å². The SMILES string of the molecule is O=C(Oc1cccc(OC(=O)c2c(F)c(F)c(F)c(F)c2F)c1)c1cccc(F)c1. The van der Waals surface area contributed by atoms with Gasteiger partial charge >= 0.3 is 11.9 Å². The molecule has 0 N–H and O–H groups in total. The molecule has 0 radical (unpaired) electrons. The van der Waals surface area contributed by atoms with Crippen LogP contribution in [-0.2, 0) is 0 Å². The number of ether oxygens (including phenoxy) is 2. The Bertz CT molecular complexity index is 1130. The van der Waals surface area contributed by atoms with Crippen LogP contribution in [0.5, 0.6) is 11.5 Å². The van der Waals surface area contributed by atoms with Crippen molar-refractivity contribution in [3.63, 3.8) is 0 Å². The van der Waals surface area contributed by atoms with Gasteiger partial charge in [-0.1, -0.05) is 12.1 Å². The number of hydrogen-bond donors (Lipinski definition) is 0. The van der Waals surface area contributed by atoms with E-state index in [4.69, 9.17) is 4.74 Å². The van der Waals surface area contributed by atoms with E-state index in [1.54, 1.807) is 0 Å². The van der Waals surface area contributed by atoms with Gasteiger partial charge in [0.05, 0.1) is 5.56 Å². The summed E-state index contributed by atoms with van der Waals surface area (Å²) in [6.45, 7) is 0. The van der Waals surface area contributed by atoms with Gasteiger partial charge in [-0.25, -0.2) is 35.9 Å². The Morgan fingerprint density at radius 2 is 1.10 bits per heavy atom. The van der Waals surface area contributed by atoms with Crippen molar-refractivity contribution in [2.75, 3.05) is 0 Å². The normalized spacial score (nSPS) is 10.6. The quantitative estimate of drug-likeness (QED) is 0.195. The Hall–Kier alpha value is -3.82. The van der Waals surface area contributed by atoms with E-state index < -0.39 is 58.2 Å². The summed E-state index contributed by atoms with van der Waals surface area (Å²) in [6, 6.07) is 9.07. The first kappa shape index (κ1) is 20.9. The third-order valence-corrected chi connectivity index (χ3v) is 3.70. The lowest BCUT2D eigenvalue weighted by Gasteiger charge is -2.10. The van der Waals surface area contributed by atoms with Crippen molar-refractivity contribution in [3.05, 3.63) is 94.6 Å². The van der Waals surface area contributed by atoms with Crippen molar-refractivity contribution in [1.82, 2.24) is 0 Å². The standard InChI is InChI=1S/C20H8F6O4/c21-10-4-1-3-9(7-10)19(27)29-11-5-2-6-12(8-11)30-20(28)13-14(22)16(24)18(26)17(25)15(13)23/h1-8H. The first-order chi connectivity index (χ1) is 14.2. The zero-order chi connectivity index (χ0) is 22.0. The van der Waals surface area contributed by atoms with Crippen LogP contribution in [-0.4, -0.2) is 11.9 Å². The molecule has 0 atom stereocenters. The molecular weight excluding hydrogens is 418 g/mol. The second-order valence-electron chi connectivity index (χ2n) is 5.71. The molecule has 4 nitrogen and oxygen atoms in total. The average Bonchev–Trinajstić information content (AvgIpc) is 2.71. The van der Waals surface area contributed by atoms with E-state index in [9.17, 15) is 35.9 Å². The maximum Gasteiger partial charge on any atom is 0.349 e. The van der Waals surface area contributed by atoms with Gasteiger partial charge in [-0.2, -0.15) is 0 Å². The Balaban J connectivity index is 1.82. The summed E-state index contributed by atoms with van der Waals surface area (Å²) in [5, 5.41) is 0. The van der Waals surface area contributed by atoms with Crippen LogP contribution in [0.2, 0.25) is 0 Å². The Morgan fingerprint density at radius 1 is 0.600 bits per heavy atom. The molecule has 0 unspecified atom stereocenters. The molecule has 0 fully saturated rings. The number of hydrogen-bond acceptors (Lipinski definition) is 4. The van der Waals surface area contributed by atoms with Crippen LogP contribution < -0.4 is 9.47 Å². The van der Waals surface area contributed by atoms with E-state index in [1.807, 2.05) is 0 Å². The fourth-order valence-electron chi connectivity index (χ4n) is 2.32. The molecule has 0 saturated heterocycles. The van der Waals surface area contributed by atoms with Crippen LogP contribution in [0.25, 0.3) is 0 Å². The van der Waals surface area contributed by atoms with E-state index in [1.165, 1.54) is 24.3 Å². The molecule has 0 aliphatic carbocycles. The van der Waals surface area contributed by atoms with Crippen molar-refractivity contribution >= 4 is 11.9 Å². The summed E-state index contributed by atoms with van der Waals surface area (Å²) in [5.41, 5.74) is -1.91. The Kier molecular flexibility index (Phi) is 5.77. The lowest BCUT2D eigenvalue weighted by molar-refractivity contribution is 0.0720. The van der Waals surface area contributed by atoms with Crippen molar-refractivity contribution < 1.29 is 45.4 Å². The van der Waals surface area contributed by atoms with Gasteiger partial charge in [0.15, 0.2) is 23.3 Å². The minimum absolute atomic E-state index is 0.126. The van der Waals surface area contributed by atoms with E-state index in [-0.39, 0.29) is 11.3 Å². The molecule has 0 spiro atoms. The highest BCUT2D eigenvalue weighted by atomic mass is 19.2. The van der Waals surface area contributed by atoms with Crippen molar-refractivity contribution in [2.24, 2.45) is 0 Å². The predicted octanol–water partition coefficient (Wildman–Crippen LogP) is 4.96. The number of carbonyl (C=O) groups excluding carboxylic acids is 2. The van der Waals surface area contributed by atoms with Crippen LogP contribution in [0.3, 0.4) is 0 Å². The largest absolute Gasteiger partial charge is 0.423 e. The maximum absolute atomic E-state index is 13.7. The minimum Gasteiger partial charge on any atom is -0.423 e. The summed E-state index contributed by atoms with van der Waals surface area (Å²) < 4.78 is 89.8. The van der Waals surface area contributed by atoms with Crippen LogP contribution in [0, 0.1) is 34.9 Å². The number of halogens is 6. The summed E-state index contributed by atoms with van der Waals surface area (Å²) in [4.78, 5) is 24.0. The molecule has 3 aromatic carbocycles. The third-order valence-electron chi connectivity index (χ3n) is 3.70. The van der Waals surface area contributed by atoms with Crippen molar-refractivity contribution in [3.8, 4) is 11.5 Å². The van der Waals surface area contributed by atoms with Gasteiger partial charge in [-0.05, 0) is 30.3 Å². The molecule has 0 bridgehead atoms. The molecule has 3 rings (SSSR count). The molecule has 0 heterocycles. The average molecular weight is 426 g/mol. The van der Waals surface area contributed by atoms with Crippen LogP contribution >= 0.6 is 0 Å². The molecule has 0 saturated carbocycles. The summed E-state index contributed by atoms with van der Waals surface area (Å²) in [5.74, 6) is -15.9. The second-order valence-corrected chi connectivity index (χ2v) is 5.71. The summed E-state index contributed by atoms with van der Waals surface area (Å²) in [6.07, 6.45) is 0. The number of carbonyl (C=O) groups is 2. The van der Waals surface area contributed by atoms with Gasteiger partial charge in [0.2, 0.25) is 5.82 Å². The lowest BCUT2D eigenvalue weighted by Crippen LogP contribution is -2.17. The summed E-state index contributed by atoms with van der Waals surface area (Å²) in [7, 11) is 0. The van der Waals surface area contributed by atoms with Gasteiger partial charge in [0, 0.05) is 6.07 Å². The first-order valence-electron chi connectivity index (χ1n) is 8.00. The number of rotatable bonds is 4. The maximum atomic E-state index is 13.7. The molecule has 3 aromatic rings. The van der Waals surface area contributed by atoms with Gasteiger partial charge in [0.1, 0.15) is 22.9 Å². The Morgan fingerprint density at radius 3 is 1.67 bits per heavy atom. The van der Waals surface area contributed by atoms with E-state index in [2.05, 4.69) is 4.74 Å². The predicted molar refractivity (Wildman–Crippen MR) is 89.0 cm³/mol. The summed E-state index contributed by atoms with van der Waals surface area (Å²) >= 11 is 0. The number of benzene rings is 3. The van der Waals surface area contributed by atoms with Gasteiger partial charge in [-0.15, -0.1) is 0 Å². The van der Waals surface area contributed by atoms with E-state index >= 15 is 0 Å². The highest BCUT2D eigenvalue weighted by Crippen LogP contribution is 2.26. The van der Waals surface area contributed by atoms with E-state index in [0.29, 0.717) is 0 Å². The van der Waals surface area contributed by atoms with Crippen LogP contribution in [0.1, 0.15) is 20.7 Å². The van der Waals surface area contributed by atoms with Gasteiger partial charge in [0.25, 0.3) is 0 Å². The molecule has 10 heteroatoms. The molecule has 30 heavy (non-hydrogen) atoms. The number of esters is 2. The molecular formula is C20H8F6O4. The fraction of sp³-hybridized carbons (Fsp3) is 0. The van der Waals surface area contributed by atoms with Gasteiger partial charge < -0.3 is 9.47 Å². The molecule has 0 amide bonds. The zero-order valence-electron chi connectivity index (χ0n) is 14.5. The van der Waals surface area contributed by atoms with Crippen molar-refractivity contribution in [2.45, 2.75) is 0 Å². The molecule has 0 aromatic heterocycles. The Labute approximate surface area is 164 Å². The fourth-order valence-corrected chi connectivity index (χ4v) is 2.32. The van der Waals surface area contributed by atoms with Crippen molar-refractivity contribution in [1.29, 1.82) is 0 Å². The smallest absolute Gasteiger partial charge is 0.349 e. The van der Waals surface area contributed by atoms with E-state index in [0.717, 1.165) is 24.3 Å². The molecule has 0 aliphatic heterocycles. The molecule has 0 aliphatic rings. The van der Waals surface area contributed by atoms with Crippen LogP contribution in [0.4, 0.5) is 26.3 Å². The highest BCUT2D eigenvalue weighted by molar-refractivity contribution is 5.92. The lowest BCUT2D eigenvalue weighted by atomic mass is 10.1.